The van der Waals surface area contributed by atoms with Gasteiger partial charge in [-0.2, -0.15) is 5.10 Å². The zero-order chi connectivity index (χ0) is 20.5. The molecule has 0 unspecified atom stereocenters. The zero-order valence-corrected chi connectivity index (χ0v) is 16.9. The number of anilines is 2. The van der Waals surface area contributed by atoms with E-state index in [1.54, 1.807) is 30.5 Å². The quantitative estimate of drug-likeness (QED) is 0.539. The number of nitrogens with one attached hydrogen (secondary N) is 2. The smallest absolute Gasteiger partial charge is 0.271 e. The monoisotopic (exact) mass is 380 g/mol. The highest BCUT2D eigenvalue weighted by Gasteiger charge is 2.08. The van der Waals surface area contributed by atoms with E-state index in [1.165, 1.54) is 0 Å². The summed E-state index contributed by atoms with van der Waals surface area (Å²) in [6.45, 7) is 9.82. The molecule has 0 radical (unpaired) electrons. The Morgan fingerprint density at radius 2 is 1.61 bits per heavy atom. The molecule has 0 saturated heterocycles. The Balaban J connectivity index is 1.91. The molecule has 0 aliphatic rings. The van der Waals surface area contributed by atoms with Crippen molar-refractivity contribution in [3.05, 3.63) is 59.7 Å². The van der Waals surface area contributed by atoms with Gasteiger partial charge in [-0.15, -0.1) is 0 Å². The van der Waals surface area contributed by atoms with Gasteiger partial charge in [0.25, 0.3) is 5.91 Å². The third-order valence-corrected chi connectivity index (χ3v) is 4.34. The van der Waals surface area contributed by atoms with Crippen molar-refractivity contribution in [1.29, 1.82) is 0 Å². The van der Waals surface area contributed by atoms with Crippen LogP contribution >= 0.6 is 0 Å². The minimum atomic E-state index is -0.308. The molecule has 2 amide bonds. The Bertz CT molecular complexity index is 807. The Hall–Kier alpha value is -3.15. The van der Waals surface area contributed by atoms with Gasteiger partial charge in [0.15, 0.2) is 0 Å². The highest BCUT2D eigenvalue weighted by atomic mass is 16.2. The fourth-order valence-corrected chi connectivity index (χ4v) is 2.58. The van der Waals surface area contributed by atoms with Gasteiger partial charge in [-0.05, 0) is 55.8 Å². The first-order chi connectivity index (χ1) is 13.4. The van der Waals surface area contributed by atoms with Crippen LogP contribution in [0.3, 0.4) is 0 Å². The summed E-state index contributed by atoms with van der Waals surface area (Å²) in [6.07, 6.45) is 1.61. The molecule has 2 aromatic rings. The van der Waals surface area contributed by atoms with Gasteiger partial charge in [0, 0.05) is 35.9 Å². The lowest BCUT2D eigenvalue weighted by Crippen LogP contribution is -2.21. The zero-order valence-electron chi connectivity index (χ0n) is 16.9. The second-order valence-corrected chi connectivity index (χ2v) is 6.68. The van der Waals surface area contributed by atoms with E-state index < -0.39 is 0 Å². The molecule has 0 saturated carbocycles. The fourth-order valence-electron chi connectivity index (χ4n) is 2.58. The van der Waals surface area contributed by atoms with E-state index >= 15 is 0 Å². The Morgan fingerprint density at radius 3 is 2.14 bits per heavy atom. The molecular weight excluding hydrogens is 352 g/mol. The summed E-state index contributed by atoms with van der Waals surface area (Å²) in [5, 5.41) is 6.81. The van der Waals surface area contributed by atoms with Gasteiger partial charge in [-0.1, -0.05) is 26.0 Å². The minimum Gasteiger partial charge on any atom is -0.372 e. The molecule has 0 aliphatic heterocycles. The number of hydrogen-bond donors (Lipinski definition) is 2. The lowest BCUT2D eigenvalue weighted by atomic mass is 10.1. The number of rotatable bonds is 8. The molecule has 2 rings (SSSR count). The van der Waals surface area contributed by atoms with E-state index in [0.717, 1.165) is 24.3 Å². The van der Waals surface area contributed by atoms with E-state index in [1.807, 2.05) is 38.1 Å². The van der Waals surface area contributed by atoms with Crippen molar-refractivity contribution in [1.82, 2.24) is 5.43 Å². The maximum Gasteiger partial charge on any atom is 0.271 e. The van der Waals surface area contributed by atoms with Crippen molar-refractivity contribution in [2.24, 2.45) is 11.0 Å². The van der Waals surface area contributed by atoms with Crippen molar-refractivity contribution in [3.8, 4) is 0 Å². The fraction of sp³-hybridized carbons (Fsp3) is 0.318. The second kappa shape index (κ2) is 10.3. The molecule has 2 N–H and O–H groups in total. The standard InChI is InChI=1S/C22H28N4O2/c1-5-26(6-2)20-13-7-17(8-14-20)15-23-25-22(28)18-9-11-19(12-10-18)24-21(27)16(3)4/h7-16H,5-6H2,1-4H3,(H,24,27)(H,25,28)/b23-15+. The van der Waals surface area contributed by atoms with Crippen LogP contribution in [0.5, 0.6) is 0 Å². The normalized spacial score (nSPS) is 10.9. The summed E-state index contributed by atoms with van der Waals surface area (Å²) in [7, 11) is 0. The molecule has 0 aliphatic carbocycles. The Morgan fingerprint density at radius 1 is 1.00 bits per heavy atom. The van der Waals surface area contributed by atoms with E-state index in [9.17, 15) is 9.59 Å². The summed E-state index contributed by atoms with van der Waals surface area (Å²) in [5.74, 6) is -0.468. The molecule has 0 bridgehead atoms. The van der Waals surface area contributed by atoms with Crippen LogP contribution in [0, 0.1) is 5.92 Å². The average molecular weight is 380 g/mol. The van der Waals surface area contributed by atoms with Crippen molar-refractivity contribution in [2.75, 3.05) is 23.3 Å². The maximum atomic E-state index is 12.2. The number of hydrazone groups is 1. The molecule has 6 nitrogen and oxygen atoms in total. The van der Waals surface area contributed by atoms with E-state index in [-0.39, 0.29) is 17.7 Å². The third-order valence-electron chi connectivity index (χ3n) is 4.34. The topological polar surface area (TPSA) is 73.8 Å². The summed E-state index contributed by atoms with van der Waals surface area (Å²) < 4.78 is 0. The molecule has 28 heavy (non-hydrogen) atoms. The highest BCUT2D eigenvalue weighted by molar-refractivity contribution is 5.96. The largest absolute Gasteiger partial charge is 0.372 e. The third kappa shape index (κ3) is 5.94. The first kappa shape index (κ1) is 21.2. The van der Waals surface area contributed by atoms with Crippen LogP contribution in [-0.4, -0.2) is 31.1 Å². The predicted octanol–water partition coefficient (Wildman–Crippen LogP) is 3.89. The molecule has 0 heterocycles. The lowest BCUT2D eigenvalue weighted by Gasteiger charge is -2.20. The molecule has 0 aromatic heterocycles. The number of carbonyl (C=O) groups is 2. The molecule has 0 fully saturated rings. The number of benzene rings is 2. The number of nitrogens with zero attached hydrogens (tertiary/aromatic N) is 2. The van der Waals surface area contributed by atoms with Crippen molar-refractivity contribution >= 4 is 29.4 Å². The summed E-state index contributed by atoms with van der Waals surface area (Å²) >= 11 is 0. The van der Waals surface area contributed by atoms with Gasteiger partial charge < -0.3 is 10.2 Å². The van der Waals surface area contributed by atoms with Crippen LogP contribution in [0.2, 0.25) is 0 Å². The maximum absolute atomic E-state index is 12.2. The Labute approximate surface area is 166 Å². The van der Waals surface area contributed by atoms with Crippen molar-refractivity contribution < 1.29 is 9.59 Å². The number of hydrogen-bond acceptors (Lipinski definition) is 4. The summed E-state index contributed by atoms with van der Waals surface area (Å²) in [6, 6.07) is 14.7. The van der Waals surface area contributed by atoms with Gasteiger partial charge in [0.05, 0.1) is 6.21 Å². The van der Waals surface area contributed by atoms with E-state index in [2.05, 4.69) is 34.6 Å². The molecule has 148 valence electrons. The average Bonchev–Trinajstić information content (AvgIpc) is 2.70. The first-order valence-electron chi connectivity index (χ1n) is 9.54. The number of amides is 2. The molecule has 0 spiro atoms. The van der Waals surface area contributed by atoms with E-state index in [0.29, 0.717) is 11.3 Å². The van der Waals surface area contributed by atoms with Crippen LogP contribution < -0.4 is 15.6 Å². The van der Waals surface area contributed by atoms with E-state index in [4.69, 9.17) is 0 Å². The molecular formula is C22H28N4O2. The molecule has 2 aromatic carbocycles. The van der Waals surface area contributed by atoms with Gasteiger partial charge >= 0.3 is 0 Å². The van der Waals surface area contributed by atoms with Gasteiger partial charge in [-0.3, -0.25) is 9.59 Å². The minimum absolute atomic E-state index is 0.0613. The SMILES string of the molecule is CCN(CC)c1ccc(/C=N/NC(=O)c2ccc(NC(=O)C(C)C)cc2)cc1. The molecule has 0 atom stereocenters. The predicted molar refractivity (Wildman–Crippen MR) is 115 cm³/mol. The lowest BCUT2D eigenvalue weighted by molar-refractivity contribution is -0.118. The van der Waals surface area contributed by atoms with Crippen molar-refractivity contribution in [2.45, 2.75) is 27.7 Å². The van der Waals surface area contributed by atoms with Gasteiger partial charge in [0.2, 0.25) is 5.91 Å². The molecule has 6 heteroatoms. The summed E-state index contributed by atoms with van der Waals surface area (Å²) in [4.78, 5) is 26.1. The van der Waals surface area contributed by atoms with Crippen LogP contribution in [0.1, 0.15) is 43.6 Å². The highest BCUT2D eigenvalue weighted by Crippen LogP contribution is 2.14. The van der Waals surface area contributed by atoms with Crippen molar-refractivity contribution in [3.63, 3.8) is 0 Å². The van der Waals surface area contributed by atoms with Crippen LogP contribution in [0.15, 0.2) is 53.6 Å². The van der Waals surface area contributed by atoms with Gasteiger partial charge in [-0.25, -0.2) is 5.43 Å². The first-order valence-corrected chi connectivity index (χ1v) is 9.54. The summed E-state index contributed by atoms with van der Waals surface area (Å²) in [5.41, 5.74) is 5.72. The van der Waals surface area contributed by atoms with Crippen LogP contribution in [0.25, 0.3) is 0 Å². The Kier molecular flexibility index (Phi) is 7.75. The number of carbonyl (C=O) groups excluding carboxylic acids is 2. The van der Waals surface area contributed by atoms with Crippen LogP contribution in [-0.2, 0) is 4.79 Å². The second-order valence-electron chi connectivity index (χ2n) is 6.68. The van der Waals surface area contributed by atoms with Gasteiger partial charge in [0.1, 0.15) is 0 Å². The van der Waals surface area contributed by atoms with Crippen LogP contribution in [0.4, 0.5) is 11.4 Å².